The molecule has 0 aromatic carbocycles. The van der Waals surface area contributed by atoms with Crippen LogP contribution >= 0.6 is 24.6 Å². The summed E-state index contributed by atoms with van der Waals surface area (Å²) in [6.45, 7) is 4.52. The molecule has 5 heteroatoms. The summed E-state index contributed by atoms with van der Waals surface area (Å²) in [6, 6.07) is 0. The average molecular weight is 227 g/mol. The van der Waals surface area contributed by atoms with Crippen molar-refractivity contribution in [1.82, 2.24) is 10.2 Å². The van der Waals surface area contributed by atoms with Crippen LogP contribution in [-0.4, -0.2) is 43.9 Å². The molecule has 0 heterocycles. The molecule has 0 aliphatic carbocycles. The van der Waals surface area contributed by atoms with Crippen LogP contribution in [0.5, 0.6) is 0 Å². The van der Waals surface area contributed by atoms with E-state index in [0.29, 0.717) is 11.8 Å². The summed E-state index contributed by atoms with van der Waals surface area (Å²) in [6.07, 6.45) is 1.08. The molecule has 0 saturated heterocycles. The van der Waals surface area contributed by atoms with Gasteiger partial charge in [0.2, 0.25) is 0 Å². The van der Waals surface area contributed by atoms with E-state index in [4.69, 9.17) is 17.0 Å². The Morgan fingerprint density at radius 1 is 1.46 bits per heavy atom. The van der Waals surface area contributed by atoms with Crippen molar-refractivity contribution >= 4 is 29.8 Å². The number of ether oxygens (including phenoxy) is 1. The van der Waals surface area contributed by atoms with Crippen molar-refractivity contribution in [3.05, 3.63) is 0 Å². The maximum absolute atomic E-state index is 5.06. The fourth-order valence-corrected chi connectivity index (χ4v) is 0.988. The highest BCUT2D eigenvalue weighted by molar-refractivity contribution is 7.80. The van der Waals surface area contributed by atoms with Gasteiger partial charge in [0, 0.05) is 6.54 Å². The number of hydrogen-bond donors (Lipinski definition) is 1. The van der Waals surface area contributed by atoms with Crippen molar-refractivity contribution in [2.24, 2.45) is 0 Å². The highest BCUT2D eigenvalue weighted by Gasteiger charge is 1.94. The summed E-state index contributed by atoms with van der Waals surface area (Å²) in [7, 11) is 4.11. The second-order valence-electron chi connectivity index (χ2n) is 2.80. The first-order valence-electron chi connectivity index (χ1n) is 4.22. The van der Waals surface area contributed by atoms with E-state index < -0.39 is 0 Å². The Balaban J connectivity index is 0. The third kappa shape index (κ3) is 11.9. The largest absolute Gasteiger partial charge is 0.471 e. The topological polar surface area (TPSA) is 24.5 Å². The van der Waals surface area contributed by atoms with Crippen LogP contribution < -0.4 is 5.32 Å². The predicted molar refractivity (Wildman–Crippen MR) is 62.6 cm³/mol. The molecular formula is C8H19ClN2OS. The molecule has 0 spiro atoms. The molecule has 0 radical (unpaired) electrons. The first-order valence-corrected chi connectivity index (χ1v) is 4.63. The predicted octanol–water partition coefficient (Wildman–Crippen LogP) is 1.27. The minimum Gasteiger partial charge on any atom is -0.471 e. The Kier molecular flexibility index (Phi) is 11.9. The Labute approximate surface area is 92.2 Å². The smallest absolute Gasteiger partial charge is 0.256 e. The third-order valence-electron chi connectivity index (χ3n) is 1.33. The molecule has 0 saturated carbocycles. The number of nitrogens with one attached hydrogen (secondary N) is 1. The van der Waals surface area contributed by atoms with Crippen LogP contribution in [0.15, 0.2) is 0 Å². The van der Waals surface area contributed by atoms with Crippen LogP contribution in [0.25, 0.3) is 0 Å². The van der Waals surface area contributed by atoms with Crippen LogP contribution in [0.1, 0.15) is 13.3 Å². The van der Waals surface area contributed by atoms with Crippen LogP contribution in [-0.2, 0) is 4.74 Å². The van der Waals surface area contributed by atoms with Crippen LogP contribution in [0, 0.1) is 0 Å². The Bertz CT molecular complexity index is 133. The maximum atomic E-state index is 5.06. The highest BCUT2D eigenvalue weighted by atomic mass is 35.5. The van der Waals surface area contributed by atoms with Gasteiger partial charge in [-0.15, -0.1) is 12.4 Å². The van der Waals surface area contributed by atoms with Crippen LogP contribution in [0.3, 0.4) is 0 Å². The normalized spacial score (nSPS) is 9.23. The summed E-state index contributed by atoms with van der Waals surface area (Å²) in [5.41, 5.74) is 0. The van der Waals surface area contributed by atoms with E-state index in [-0.39, 0.29) is 12.4 Å². The van der Waals surface area contributed by atoms with Crippen LogP contribution in [0.4, 0.5) is 0 Å². The van der Waals surface area contributed by atoms with Crippen molar-refractivity contribution in [3.8, 4) is 0 Å². The SMILES string of the molecule is CCOC(=S)NCCCN(C)C.Cl. The summed E-state index contributed by atoms with van der Waals surface area (Å²) in [5, 5.41) is 3.53. The minimum absolute atomic E-state index is 0. The van der Waals surface area contributed by atoms with E-state index in [1.807, 2.05) is 6.92 Å². The molecule has 0 rings (SSSR count). The summed E-state index contributed by atoms with van der Waals surface area (Å²) >= 11 is 4.89. The second-order valence-corrected chi connectivity index (χ2v) is 3.17. The second kappa shape index (κ2) is 10.0. The van der Waals surface area contributed by atoms with Gasteiger partial charge >= 0.3 is 0 Å². The lowest BCUT2D eigenvalue weighted by atomic mass is 10.4. The molecule has 0 aliphatic heterocycles. The average Bonchev–Trinajstić information content (AvgIpc) is 1.98. The fraction of sp³-hybridized carbons (Fsp3) is 0.875. The van der Waals surface area contributed by atoms with Crippen LogP contribution in [0.2, 0.25) is 0 Å². The van der Waals surface area contributed by atoms with Crippen molar-refractivity contribution in [2.75, 3.05) is 33.8 Å². The number of rotatable bonds is 5. The van der Waals surface area contributed by atoms with Gasteiger partial charge < -0.3 is 15.0 Å². The quantitative estimate of drug-likeness (QED) is 0.564. The molecule has 0 amide bonds. The van der Waals surface area contributed by atoms with E-state index in [0.717, 1.165) is 19.5 Å². The standard InChI is InChI=1S/C8H18N2OS.ClH/c1-4-11-8(12)9-6-5-7-10(2)3;/h4-7H2,1-3H3,(H,9,12);1H. The Morgan fingerprint density at radius 2 is 2.08 bits per heavy atom. The van der Waals surface area contributed by atoms with E-state index in [1.54, 1.807) is 0 Å². The van der Waals surface area contributed by atoms with Crippen molar-refractivity contribution in [1.29, 1.82) is 0 Å². The molecule has 0 aromatic heterocycles. The highest BCUT2D eigenvalue weighted by Crippen LogP contribution is 1.82. The van der Waals surface area contributed by atoms with Crippen molar-refractivity contribution < 1.29 is 4.74 Å². The number of halogens is 1. The Hall–Kier alpha value is -0.0600. The van der Waals surface area contributed by atoms with Gasteiger partial charge in [0.05, 0.1) is 6.61 Å². The van der Waals surface area contributed by atoms with E-state index >= 15 is 0 Å². The van der Waals surface area contributed by atoms with Gasteiger partial charge in [0.15, 0.2) is 0 Å². The monoisotopic (exact) mass is 226 g/mol. The zero-order valence-corrected chi connectivity index (χ0v) is 10.1. The molecule has 0 fully saturated rings. The molecule has 3 nitrogen and oxygen atoms in total. The summed E-state index contributed by atoms with van der Waals surface area (Å²) in [5.74, 6) is 0. The molecule has 0 unspecified atom stereocenters. The first-order chi connectivity index (χ1) is 5.66. The van der Waals surface area contributed by atoms with E-state index in [2.05, 4.69) is 24.3 Å². The number of thiocarbonyl (C=S) groups is 1. The van der Waals surface area contributed by atoms with Crippen molar-refractivity contribution in [3.63, 3.8) is 0 Å². The lowest BCUT2D eigenvalue weighted by molar-refractivity contribution is 0.318. The van der Waals surface area contributed by atoms with E-state index in [1.165, 1.54) is 0 Å². The van der Waals surface area contributed by atoms with Gasteiger partial charge in [-0.25, -0.2) is 0 Å². The minimum atomic E-state index is 0. The van der Waals surface area contributed by atoms with Gasteiger partial charge in [0.1, 0.15) is 0 Å². The maximum Gasteiger partial charge on any atom is 0.256 e. The molecule has 13 heavy (non-hydrogen) atoms. The molecule has 0 aliphatic rings. The summed E-state index contributed by atoms with van der Waals surface area (Å²) in [4.78, 5) is 2.14. The van der Waals surface area contributed by atoms with Gasteiger partial charge in [-0.1, -0.05) is 0 Å². The summed E-state index contributed by atoms with van der Waals surface area (Å²) < 4.78 is 5.06. The fourth-order valence-electron chi connectivity index (χ4n) is 0.768. The lowest BCUT2D eigenvalue weighted by Gasteiger charge is -2.10. The molecular weight excluding hydrogens is 208 g/mol. The third-order valence-corrected chi connectivity index (χ3v) is 1.59. The van der Waals surface area contributed by atoms with Gasteiger partial charge in [-0.05, 0) is 46.2 Å². The zero-order chi connectivity index (χ0) is 9.40. The molecule has 1 N–H and O–H groups in total. The number of hydrogen-bond acceptors (Lipinski definition) is 3. The molecule has 0 aromatic rings. The number of nitrogens with zero attached hydrogens (tertiary/aromatic N) is 1. The molecule has 80 valence electrons. The zero-order valence-electron chi connectivity index (χ0n) is 8.50. The van der Waals surface area contributed by atoms with E-state index in [9.17, 15) is 0 Å². The lowest BCUT2D eigenvalue weighted by Crippen LogP contribution is -2.27. The molecule has 0 bridgehead atoms. The Morgan fingerprint density at radius 3 is 2.54 bits per heavy atom. The van der Waals surface area contributed by atoms with Gasteiger partial charge in [-0.3, -0.25) is 0 Å². The molecule has 0 atom stereocenters. The van der Waals surface area contributed by atoms with Gasteiger partial charge in [-0.2, -0.15) is 0 Å². The van der Waals surface area contributed by atoms with Gasteiger partial charge in [0.25, 0.3) is 5.17 Å². The van der Waals surface area contributed by atoms with Crippen molar-refractivity contribution in [2.45, 2.75) is 13.3 Å². The first kappa shape index (κ1) is 15.4.